The summed E-state index contributed by atoms with van der Waals surface area (Å²) in [4.78, 5) is 29.3. The van der Waals surface area contributed by atoms with Gasteiger partial charge in [-0.25, -0.2) is 14.2 Å². The summed E-state index contributed by atoms with van der Waals surface area (Å²) in [5, 5.41) is 12.6. The average molecular weight is 483 g/mol. The maximum Gasteiger partial charge on any atom is 0.328 e. The molecule has 0 spiro atoms. The first-order valence-electron chi connectivity index (χ1n) is 10.9. The number of methoxy groups -OCH3 is 2. The van der Waals surface area contributed by atoms with Crippen molar-refractivity contribution in [3.8, 4) is 17.2 Å². The molecule has 9 heteroatoms. The van der Waals surface area contributed by atoms with Crippen molar-refractivity contribution in [2.45, 2.75) is 31.9 Å². The van der Waals surface area contributed by atoms with Gasteiger partial charge >= 0.3 is 5.97 Å². The maximum atomic E-state index is 13.8. The first kappa shape index (κ1) is 25.5. The molecule has 1 amide bonds. The molecule has 3 atom stereocenters. The van der Waals surface area contributed by atoms with Crippen LogP contribution in [0.15, 0.2) is 60.8 Å². The van der Waals surface area contributed by atoms with Gasteiger partial charge in [0.25, 0.3) is 5.91 Å². The molecular formula is C26H27FN2O6. The van der Waals surface area contributed by atoms with Crippen molar-refractivity contribution >= 4 is 11.9 Å². The van der Waals surface area contributed by atoms with E-state index in [0.717, 1.165) is 5.56 Å². The van der Waals surface area contributed by atoms with E-state index >= 15 is 0 Å². The second kappa shape index (κ2) is 11.3. The molecule has 3 aromatic rings. The normalized spacial score (nSPS) is 13.3. The molecule has 0 aliphatic rings. The van der Waals surface area contributed by atoms with Crippen LogP contribution in [-0.2, 0) is 9.53 Å². The highest BCUT2D eigenvalue weighted by molar-refractivity contribution is 5.97. The standard InChI is InChI=1S/C26H27FN2O6/c1-15(29-25(31)23-24(30)20(33-3)12-13-28-23)26(32)35-16(2)22(17-8-6-5-7-9-17)19-11-10-18(27)14-21(19)34-4/h5-16,22,30H,1-4H3,(H,29,31)/t15-,16-,22-/m0/s1. The van der Waals surface area contributed by atoms with Crippen LogP contribution in [0.1, 0.15) is 41.4 Å². The summed E-state index contributed by atoms with van der Waals surface area (Å²) in [6.45, 7) is 3.17. The van der Waals surface area contributed by atoms with Gasteiger partial charge in [0.05, 0.1) is 14.2 Å². The third-order valence-corrected chi connectivity index (χ3v) is 5.48. The number of halogens is 1. The molecule has 2 aromatic carbocycles. The molecule has 0 unspecified atom stereocenters. The zero-order valence-corrected chi connectivity index (χ0v) is 19.8. The Labute approximate surface area is 202 Å². The number of esters is 1. The van der Waals surface area contributed by atoms with Crippen molar-refractivity contribution in [1.82, 2.24) is 10.3 Å². The number of nitrogens with zero attached hydrogens (tertiary/aromatic N) is 1. The van der Waals surface area contributed by atoms with Crippen LogP contribution in [0.3, 0.4) is 0 Å². The van der Waals surface area contributed by atoms with E-state index in [0.29, 0.717) is 11.3 Å². The molecule has 2 N–H and O–H groups in total. The van der Waals surface area contributed by atoms with Crippen molar-refractivity contribution in [3.63, 3.8) is 0 Å². The van der Waals surface area contributed by atoms with Crippen molar-refractivity contribution in [1.29, 1.82) is 0 Å². The minimum atomic E-state index is -1.05. The van der Waals surface area contributed by atoms with E-state index in [2.05, 4.69) is 10.3 Å². The van der Waals surface area contributed by atoms with Gasteiger partial charge in [0.15, 0.2) is 17.2 Å². The molecule has 184 valence electrons. The number of carbonyl (C=O) groups excluding carboxylic acids is 2. The SMILES string of the molecule is COc1cc(F)ccc1[C@H](c1ccccc1)[C@H](C)OC(=O)[C@H](C)NC(=O)c1nccc(OC)c1O. The first-order valence-corrected chi connectivity index (χ1v) is 10.9. The zero-order valence-electron chi connectivity index (χ0n) is 19.8. The number of aromatic nitrogens is 1. The van der Waals surface area contributed by atoms with Crippen LogP contribution in [-0.4, -0.2) is 48.3 Å². The molecule has 0 saturated heterocycles. The lowest BCUT2D eigenvalue weighted by molar-refractivity contribution is -0.150. The fraction of sp³-hybridized carbons (Fsp3) is 0.269. The molecule has 3 rings (SSSR count). The summed E-state index contributed by atoms with van der Waals surface area (Å²) >= 11 is 0. The zero-order chi connectivity index (χ0) is 25.5. The molecule has 0 saturated carbocycles. The Morgan fingerprint density at radius 1 is 1.00 bits per heavy atom. The van der Waals surface area contributed by atoms with E-state index in [9.17, 15) is 19.1 Å². The molecule has 0 bridgehead atoms. The van der Waals surface area contributed by atoms with Crippen LogP contribution >= 0.6 is 0 Å². The van der Waals surface area contributed by atoms with E-state index in [1.165, 1.54) is 45.5 Å². The van der Waals surface area contributed by atoms with E-state index in [-0.39, 0.29) is 11.4 Å². The Bertz CT molecular complexity index is 1190. The van der Waals surface area contributed by atoms with E-state index in [4.69, 9.17) is 14.2 Å². The van der Waals surface area contributed by atoms with Crippen LogP contribution in [0, 0.1) is 5.82 Å². The second-order valence-electron chi connectivity index (χ2n) is 7.82. The molecular weight excluding hydrogens is 455 g/mol. The lowest BCUT2D eigenvalue weighted by Gasteiger charge is -2.27. The molecule has 8 nitrogen and oxygen atoms in total. The van der Waals surface area contributed by atoms with Gasteiger partial charge in [-0.3, -0.25) is 4.79 Å². The number of hydrogen-bond donors (Lipinski definition) is 2. The summed E-state index contributed by atoms with van der Waals surface area (Å²) in [5.74, 6) is -2.42. The van der Waals surface area contributed by atoms with Gasteiger partial charge in [-0.1, -0.05) is 36.4 Å². The molecule has 0 fully saturated rings. The third-order valence-electron chi connectivity index (χ3n) is 5.48. The molecule has 0 aliphatic carbocycles. The van der Waals surface area contributed by atoms with E-state index in [1.54, 1.807) is 13.0 Å². The van der Waals surface area contributed by atoms with Gasteiger partial charge in [-0.15, -0.1) is 0 Å². The van der Waals surface area contributed by atoms with Crippen molar-refractivity contribution < 1.29 is 33.3 Å². The quantitative estimate of drug-likeness (QED) is 0.447. The summed E-state index contributed by atoms with van der Waals surface area (Å²) in [7, 11) is 2.79. The number of aromatic hydroxyl groups is 1. The number of amides is 1. The molecule has 1 aromatic heterocycles. The van der Waals surface area contributed by atoms with Gasteiger partial charge in [-0.2, -0.15) is 0 Å². The summed E-state index contributed by atoms with van der Waals surface area (Å²) < 4.78 is 29.9. The Morgan fingerprint density at radius 2 is 1.69 bits per heavy atom. The van der Waals surface area contributed by atoms with E-state index < -0.39 is 41.5 Å². The molecule has 0 radical (unpaired) electrons. The van der Waals surface area contributed by atoms with Crippen molar-refractivity contribution in [2.75, 3.05) is 14.2 Å². The molecule has 0 aliphatic heterocycles. The number of benzene rings is 2. The van der Waals surface area contributed by atoms with Gasteiger partial charge in [-0.05, 0) is 25.5 Å². The van der Waals surface area contributed by atoms with Gasteiger partial charge in [0.2, 0.25) is 0 Å². The maximum absolute atomic E-state index is 13.8. The Morgan fingerprint density at radius 3 is 2.34 bits per heavy atom. The number of rotatable bonds is 9. The fourth-order valence-electron chi connectivity index (χ4n) is 3.75. The number of pyridine rings is 1. The summed E-state index contributed by atoms with van der Waals surface area (Å²) in [5.41, 5.74) is 1.19. The smallest absolute Gasteiger partial charge is 0.328 e. The van der Waals surface area contributed by atoms with Crippen LogP contribution in [0.4, 0.5) is 4.39 Å². The number of carbonyl (C=O) groups is 2. The largest absolute Gasteiger partial charge is 0.503 e. The lowest BCUT2D eigenvalue weighted by atomic mass is 9.86. The van der Waals surface area contributed by atoms with Gasteiger partial charge in [0, 0.05) is 29.8 Å². The second-order valence-corrected chi connectivity index (χ2v) is 7.82. The average Bonchev–Trinajstić information content (AvgIpc) is 2.85. The summed E-state index contributed by atoms with van der Waals surface area (Å²) in [6, 6.07) is 13.8. The monoisotopic (exact) mass is 482 g/mol. The van der Waals surface area contributed by atoms with Crippen LogP contribution < -0.4 is 14.8 Å². The van der Waals surface area contributed by atoms with Crippen molar-refractivity contribution in [3.05, 3.63) is 83.4 Å². The predicted octanol–water partition coefficient (Wildman–Crippen LogP) is 3.83. The number of nitrogens with one attached hydrogen (secondary N) is 1. The van der Waals surface area contributed by atoms with E-state index in [1.807, 2.05) is 30.3 Å². The van der Waals surface area contributed by atoms with Crippen LogP contribution in [0.25, 0.3) is 0 Å². The highest BCUT2D eigenvalue weighted by atomic mass is 19.1. The number of ether oxygens (including phenoxy) is 3. The third kappa shape index (κ3) is 5.87. The van der Waals surface area contributed by atoms with Gasteiger partial charge < -0.3 is 24.6 Å². The number of hydrogen-bond acceptors (Lipinski definition) is 7. The van der Waals surface area contributed by atoms with Gasteiger partial charge in [0.1, 0.15) is 23.7 Å². The highest BCUT2D eigenvalue weighted by Crippen LogP contribution is 2.36. The van der Waals surface area contributed by atoms with Crippen molar-refractivity contribution in [2.24, 2.45) is 0 Å². The Kier molecular flexibility index (Phi) is 8.25. The Balaban J connectivity index is 1.80. The first-order chi connectivity index (χ1) is 16.8. The Hall–Kier alpha value is -4.14. The van der Waals surface area contributed by atoms with Crippen LogP contribution in [0.5, 0.6) is 17.2 Å². The summed E-state index contributed by atoms with van der Waals surface area (Å²) in [6.07, 6.45) is 0.603. The fourth-order valence-corrected chi connectivity index (χ4v) is 3.75. The topological polar surface area (TPSA) is 107 Å². The minimum absolute atomic E-state index is 0.0768. The molecule has 35 heavy (non-hydrogen) atoms. The highest BCUT2D eigenvalue weighted by Gasteiger charge is 2.30. The molecule has 1 heterocycles. The van der Waals surface area contributed by atoms with Crippen LogP contribution in [0.2, 0.25) is 0 Å². The predicted molar refractivity (Wildman–Crippen MR) is 126 cm³/mol. The minimum Gasteiger partial charge on any atom is -0.503 e. The lowest BCUT2D eigenvalue weighted by Crippen LogP contribution is -2.41.